The van der Waals surface area contributed by atoms with Gasteiger partial charge in [-0.3, -0.25) is 14.9 Å². The van der Waals surface area contributed by atoms with Crippen molar-refractivity contribution in [2.24, 2.45) is 0 Å². The number of carbonyl (C=O) groups excluding carboxylic acids is 1. The van der Waals surface area contributed by atoms with Crippen molar-refractivity contribution in [3.63, 3.8) is 0 Å². The first-order valence-corrected chi connectivity index (χ1v) is 6.53. The van der Waals surface area contributed by atoms with Gasteiger partial charge in [0.25, 0.3) is 5.69 Å². The van der Waals surface area contributed by atoms with Crippen molar-refractivity contribution in [1.29, 1.82) is 0 Å². The Balaban J connectivity index is 2.34. The molecule has 0 saturated heterocycles. The fourth-order valence-corrected chi connectivity index (χ4v) is 2.19. The Morgan fingerprint density at radius 3 is 2.43 bits per heavy atom. The van der Waals surface area contributed by atoms with E-state index in [4.69, 9.17) is 0 Å². The molecular formula is C16H16N2O3. The number of non-ortho nitro benzene ring substituents is 1. The van der Waals surface area contributed by atoms with E-state index in [1.165, 1.54) is 19.1 Å². The van der Waals surface area contributed by atoms with Crippen LogP contribution in [-0.2, 0) is 6.54 Å². The molecule has 0 N–H and O–H groups in total. The number of hydrogen-bond acceptors (Lipinski definition) is 4. The van der Waals surface area contributed by atoms with Crippen molar-refractivity contribution in [2.75, 3.05) is 11.9 Å². The summed E-state index contributed by atoms with van der Waals surface area (Å²) in [6.07, 6.45) is 0. The van der Waals surface area contributed by atoms with Crippen molar-refractivity contribution < 1.29 is 9.72 Å². The van der Waals surface area contributed by atoms with Crippen molar-refractivity contribution in [3.05, 3.63) is 69.8 Å². The third kappa shape index (κ3) is 3.45. The van der Waals surface area contributed by atoms with Crippen molar-refractivity contribution >= 4 is 17.2 Å². The maximum atomic E-state index is 11.7. The molecule has 2 aromatic rings. The SMILES string of the molecule is CC(=O)c1cc([N+](=O)[O-])ccc1N(C)Cc1ccccc1. The third-order valence-corrected chi connectivity index (χ3v) is 3.24. The maximum Gasteiger partial charge on any atom is 0.270 e. The van der Waals surface area contributed by atoms with Gasteiger partial charge in [0.15, 0.2) is 5.78 Å². The lowest BCUT2D eigenvalue weighted by Crippen LogP contribution is -2.19. The van der Waals surface area contributed by atoms with Gasteiger partial charge in [-0.15, -0.1) is 0 Å². The molecule has 5 heteroatoms. The number of ketones is 1. The van der Waals surface area contributed by atoms with Gasteiger partial charge in [-0.05, 0) is 18.6 Å². The highest BCUT2D eigenvalue weighted by atomic mass is 16.6. The molecule has 108 valence electrons. The van der Waals surface area contributed by atoms with Crippen LogP contribution in [0.3, 0.4) is 0 Å². The van der Waals surface area contributed by atoms with E-state index in [1.54, 1.807) is 6.07 Å². The summed E-state index contributed by atoms with van der Waals surface area (Å²) in [6.45, 7) is 2.04. The largest absolute Gasteiger partial charge is 0.370 e. The number of carbonyl (C=O) groups is 1. The predicted molar refractivity (Wildman–Crippen MR) is 81.6 cm³/mol. The lowest BCUT2D eigenvalue weighted by Gasteiger charge is -2.21. The van der Waals surface area contributed by atoms with Crippen LogP contribution in [-0.4, -0.2) is 17.8 Å². The molecule has 0 spiro atoms. The minimum atomic E-state index is -0.493. The van der Waals surface area contributed by atoms with Gasteiger partial charge >= 0.3 is 0 Å². The number of benzene rings is 2. The molecule has 0 aliphatic heterocycles. The minimum absolute atomic E-state index is 0.0722. The number of anilines is 1. The number of rotatable bonds is 5. The molecule has 0 fully saturated rings. The summed E-state index contributed by atoms with van der Waals surface area (Å²) < 4.78 is 0. The van der Waals surface area contributed by atoms with E-state index in [2.05, 4.69) is 0 Å². The highest BCUT2D eigenvalue weighted by Crippen LogP contribution is 2.26. The molecule has 0 atom stereocenters. The zero-order valence-corrected chi connectivity index (χ0v) is 11.9. The van der Waals surface area contributed by atoms with Gasteiger partial charge in [0.1, 0.15) is 0 Å². The van der Waals surface area contributed by atoms with Crippen LogP contribution in [0.2, 0.25) is 0 Å². The van der Waals surface area contributed by atoms with E-state index < -0.39 is 4.92 Å². The van der Waals surface area contributed by atoms with Gasteiger partial charge < -0.3 is 4.90 Å². The summed E-state index contributed by atoms with van der Waals surface area (Å²) in [5.41, 5.74) is 2.09. The molecule has 0 aromatic heterocycles. The molecule has 5 nitrogen and oxygen atoms in total. The maximum absolute atomic E-state index is 11.7. The Kier molecular flexibility index (Phi) is 4.33. The smallest absolute Gasteiger partial charge is 0.270 e. The second-order valence-electron chi connectivity index (χ2n) is 4.86. The van der Waals surface area contributed by atoms with Crippen LogP contribution in [0.1, 0.15) is 22.8 Å². The van der Waals surface area contributed by atoms with Gasteiger partial charge in [-0.2, -0.15) is 0 Å². The fraction of sp³-hybridized carbons (Fsp3) is 0.188. The average molecular weight is 284 g/mol. The van der Waals surface area contributed by atoms with Gasteiger partial charge in [0.2, 0.25) is 0 Å². The predicted octanol–water partition coefficient (Wildman–Crippen LogP) is 3.43. The van der Waals surface area contributed by atoms with Crippen LogP contribution in [0.15, 0.2) is 48.5 Å². The summed E-state index contributed by atoms with van der Waals surface area (Å²) in [5, 5.41) is 10.8. The van der Waals surface area contributed by atoms with Crippen LogP contribution in [0, 0.1) is 10.1 Å². The molecule has 0 bridgehead atoms. The highest BCUT2D eigenvalue weighted by molar-refractivity contribution is 6.00. The zero-order valence-electron chi connectivity index (χ0n) is 11.9. The Bertz CT molecular complexity index is 668. The van der Waals surface area contributed by atoms with Crippen LogP contribution >= 0.6 is 0 Å². The van der Waals surface area contributed by atoms with Gasteiger partial charge in [0.05, 0.1) is 4.92 Å². The number of nitrogens with zero attached hydrogens (tertiary/aromatic N) is 2. The Labute approximate surface area is 123 Å². The van der Waals surface area contributed by atoms with E-state index in [9.17, 15) is 14.9 Å². The lowest BCUT2D eigenvalue weighted by molar-refractivity contribution is -0.384. The molecule has 0 unspecified atom stereocenters. The summed E-state index contributed by atoms with van der Waals surface area (Å²) in [6, 6.07) is 14.2. The summed E-state index contributed by atoms with van der Waals surface area (Å²) in [7, 11) is 1.86. The van der Waals surface area contributed by atoms with E-state index >= 15 is 0 Å². The van der Waals surface area contributed by atoms with Crippen molar-refractivity contribution in [3.8, 4) is 0 Å². The van der Waals surface area contributed by atoms with Crippen LogP contribution in [0.4, 0.5) is 11.4 Å². The molecular weight excluding hydrogens is 268 g/mol. The van der Waals surface area contributed by atoms with Gasteiger partial charge in [-0.25, -0.2) is 0 Å². The quantitative estimate of drug-likeness (QED) is 0.479. The monoisotopic (exact) mass is 284 g/mol. The topological polar surface area (TPSA) is 63.4 Å². The van der Waals surface area contributed by atoms with Crippen LogP contribution in [0.5, 0.6) is 0 Å². The Hall–Kier alpha value is -2.69. The van der Waals surface area contributed by atoms with Gasteiger partial charge in [-0.1, -0.05) is 30.3 Å². The van der Waals surface area contributed by atoms with E-state index in [0.717, 1.165) is 5.56 Å². The molecule has 0 saturated carbocycles. The summed E-state index contributed by atoms with van der Waals surface area (Å²) in [5.74, 6) is -0.186. The molecule has 2 rings (SSSR count). The van der Waals surface area contributed by atoms with E-state index in [0.29, 0.717) is 17.8 Å². The number of hydrogen-bond donors (Lipinski definition) is 0. The molecule has 0 aliphatic carbocycles. The normalized spacial score (nSPS) is 10.2. The van der Waals surface area contributed by atoms with Gasteiger partial charge in [0, 0.05) is 37.0 Å². The minimum Gasteiger partial charge on any atom is -0.370 e. The van der Waals surface area contributed by atoms with Crippen LogP contribution < -0.4 is 4.90 Å². The number of nitro benzene ring substituents is 1. The first-order chi connectivity index (χ1) is 9.99. The number of Topliss-reactive ketones (excluding diaryl/α,β-unsaturated/α-hetero) is 1. The lowest BCUT2D eigenvalue weighted by atomic mass is 10.1. The van der Waals surface area contributed by atoms with E-state index in [1.807, 2.05) is 42.3 Å². The summed E-state index contributed by atoms with van der Waals surface area (Å²) in [4.78, 5) is 24.0. The van der Waals surface area contributed by atoms with Crippen molar-refractivity contribution in [1.82, 2.24) is 0 Å². The molecule has 0 aliphatic rings. The highest BCUT2D eigenvalue weighted by Gasteiger charge is 2.16. The van der Waals surface area contributed by atoms with Crippen LogP contribution in [0.25, 0.3) is 0 Å². The molecule has 21 heavy (non-hydrogen) atoms. The molecule has 0 radical (unpaired) electrons. The first kappa shape index (κ1) is 14.7. The average Bonchev–Trinajstić information content (AvgIpc) is 2.47. The summed E-state index contributed by atoms with van der Waals surface area (Å²) >= 11 is 0. The first-order valence-electron chi connectivity index (χ1n) is 6.53. The zero-order chi connectivity index (χ0) is 15.4. The molecule has 0 heterocycles. The van der Waals surface area contributed by atoms with E-state index in [-0.39, 0.29) is 11.5 Å². The number of nitro groups is 1. The van der Waals surface area contributed by atoms with Crippen molar-refractivity contribution in [2.45, 2.75) is 13.5 Å². The standard InChI is InChI=1S/C16H16N2O3/c1-12(19)15-10-14(18(20)21)8-9-16(15)17(2)11-13-6-4-3-5-7-13/h3-10H,11H2,1-2H3. The molecule has 0 amide bonds. The Morgan fingerprint density at radius 1 is 1.19 bits per heavy atom. The molecule has 2 aromatic carbocycles. The third-order valence-electron chi connectivity index (χ3n) is 3.24. The second-order valence-corrected chi connectivity index (χ2v) is 4.86. The second kappa shape index (κ2) is 6.17. The fourth-order valence-electron chi connectivity index (χ4n) is 2.19. The Morgan fingerprint density at radius 2 is 1.86 bits per heavy atom.